The highest BCUT2D eigenvalue weighted by atomic mass is 19.1. The van der Waals surface area contributed by atoms with Crippen molar-refractivity contribution in [1.82, 2.24) is 0 Å². The number of aryl methyl sites for hydroxylation is 2. The first-order chi connectivity index (χ1) is 13.5. The van der Waals surface area contributed by atoms with Gasteiger partial charge in [-0.05, 0) is 47.7 Å². The normalized spacial score (nSPS) is 10.7. The molecular weight excluding hydrogens is 361 g/mol. The molecule has 0 saturated heterocycles. The predicted octanol–water partition coefficient (Wildman–Crippen LogP) is 4.15. The molecule has 28 heavy (non-hydrogen) atoms. The van der Waals surface area contributed by atoms with Crippen LogP contribution in [0.4, 0.5) is 10.1 Å². The van der Waals surface area contributed by atoms with Crippen molar-refractivity contribution in [3.05, 3.63) is 65.0 Å². The molecular formula is C22H24FNO4. The number of hydrogen-bond donors (Lipinski definition) is 1. The van der Waals surface area contributed by atoms with Gasteiger partial charge in [-0.15, -0.1) is 0 Å². The van der Waals surface area contributed by atoms with Crippen LogP contribution in [0.3, 0.4) is 0 Å². The monoisotopic (exact) mass is 385 g/mol. The number of halogens is 1. The summed E-state index contributed by atoms with van der Waals surface area (Å²) in [6, 6.07) is 10.2. The molecule has 5 nitrogen and oxygen atoms in total. The highest BCUT2D eigenvalue weighted by molar-refractivity contribution is 5.95. The Labute approximate surface area is 164 Å². The Bertz CT molecular complexity index is 855. The summed E-state index contributed by atoms with van der Waals surface area (Å²) in [6.07, 6.45) is 4.12. The van der Waals surface area contributed by atoms with E-state index in [2.05, 4.69) is 5.32 Å². The summed E-state index contributed by atoms with van der Waals surface area (Å²) in [4.78, 5) is 24.0. The van der Waals surface area contributed by atoms with Gasteiger partial charge in [0.1, 0.15) is 0 Å². The smallest absolute Gasteiger partial charge is 0.331 e. The van der Waals surface area contributed by atoms with Crippen molar-refractivity contribution in [3.63, 3.8) is 0 Å². The molecule has 0 spiro atoms. The van der Waals surface area contributed by atoms with Crippen LogP contribution in [0.2, 0.25) is 0 Å². The lowest BCUT2D eigenvalue weighted by Gasteiger charge is -2.14. The first-order valence-electron chi connectivity index (χ1n) is 9.07. The molecule has 6 heteroatoms. The number of amides is 1. The average Bonchev–Trinajstić information content (AvgIpc) is 2.70. The van der Waals surface area contributed by atoms with E-state index in [1.165, 1.54) is 25.3 Å². The minimum atomic E-state index is -0.689. The second-order valence-electron chi connectivity index (χ2n) is 6.04. The molecule has 1 N–H and O–H groups in total. The summed E-state index contributed by atoms with van der Waals surface area (Å²) < 4.78 is 23.4. The van der Waals surface area contributed by atoms with Crippen LogP contribution < -0.4 is 10.1 Å². The minimum absolute atomic E-state index is 0.121. The largest absolute Gasteiger partial charge is 0.494 e. The van der Waals surface area contributed by atoms with Crippen molar-refractivity contribution in [2.24, 2.45) is 0 Å². The maximum Gasteiger partial charge on any atom is 0.331 e. The first kappa shape index (κ1) is 21.2. The van der Waals surface area contributed by atoms with Gasteiger partial charge in [0.25, 0.3) is 5.91 Å². The van der Waals surface area contributed by atoms with Gasteiger partial charge in [-0.2, -0.15) is 0 Å². The van der Waals surface area contributed by atoms with E-state index < -0.39 is 24.3 Å². The first-order valence-corrected chi connectivity index (χ1v) is 9.07. The summed E-state index contributed by atoms with van der Waals surface area (Å²) in [5.74, 6) is -1.51. The molecule has 148 valence electrons. The maximum atomic E-state index is 13.6. The van der Waals surface area contributed by atoms with E-state index in [4.69, 9.17) is 9.47 Å². The lowest BCUT2D eigenvalue weighted by Crippen LogP contribution is -2.21. The third-order valence-corrected chi connectivity index (χ3v) is 4.20. The number of benzene rings is 2. The van der Waals surface area contributed by atoms with Gasteiger partial charge in [0.05, 0.1) is 7.11 Å². The van der Waals surface area contributed by atoms with Crippen molar-refractivity contribution < 1.29 is 23.5 Å². The number of hydrogen-bond acceptors (Lipinski definition) is 4. The van der Waals surface area contributed by atoms with Gasteiger partial charge in [0.15, 0.2) is 18.2 Å². The number of para-hydroxylation sites is 1. The molecule has 0 radical (unpaired) electrons. The van der Waals surface area contributed by atoms with Crippen molar-refractivity contribution in [1.29, 1.82) is 0 Å². The van der Waals surface area contributed by atoms with Crippen molar-refractivity contribution in [3.8, 4) is 5.75 Å². The zero-order chi connectivity index (χ0) is 20.5. The van der Waals surface area contributed by atoms with E-state index in [0.717, 1.165) is 35.7 Å². The van der Waals surface area contributed by atoms with Gasteiger partial charge in [-0.25, -0.2) is 9.18 Å². The van der Waals surface area contributed by atoms with E-state index in [1.54, 1.807) is 6.07 Å². The highest BCUT2D eigenvalue weighted by Crippen LogP contribution is 2.22. The fraction of sp³-hybridized carbons (Fsp3) is 0.273. The summed E-state index contributed by atoms with van der Waals surface area (Å²) in [5.41, 5.74) is 3.31. The van der Waals surface area contributed by atoms with Crippen molar-refractivity contribution in [2.75, 3.05) is 19.0 Å². The van der Waals surface area contributed by atoms with E-state index >= 15 is 0 Å². The van der Waals surface area contributed by atoms with E-state index in [-0.39, 0.29) is 5.75 Å². The molecule has 0 fully saturated rings. The fourth-order valence-corrected chi connectivity index (χ4v) is 2.71. The molecule has 0 atom stereocenters. The quantitative estimate of drug-likeness (QED) is 0.548. The fourth-order valence-electron chi connectivity index (χ4n) is 2.71. The number of esters is 1. The molecule has 0 aliphatic rings. The second-order valence-corrected chi connectivity index (χ2v) is 6.04. The van der Waals surface area contributed by atoms with Gasteiger partial charge in [0.2, 0.25) is 0 Å². The number of carbonyl (C=O) groups is 2. The van der Waals surface area contributed by atoms with Crippen LogP contribution >= 0.6 is 0 Å². The van der Waals surface area contributed by atoms with Gasteiger partial charge < -0.3 is 14.8 Å². The van der Waals surface area contributed by atoms with Crippen molar-refractivity contribution >= 4 is 23.6 Å². The third kappa shape index (κ3) is 5.67. The summed E-state index contributed by atoms with van der Waals surface area (Å²) in [5, 5.41) is 2.83. The van der Waals surface area contributed by atoms with Crippen LogP contribution in [0.15, 0.2) is 42.5 Å². The number of rotatable bonds is 8. The zero-order valence-corrected chi connectivity index (χ0v) is 16.3. The lowest BCUT2D eigenvalue weighted by molar-refractivity contribution is -0.142. The molecule has 2 aromatic rings. The number of anilines is 1. The molecule has 0 aliphatic heterocycles. The molecule has 0 aromatic heterocycles. The molecule has 0 saturated carbocycles. The Morgan fingerprint density at radius 2 is 1.79 bits per heavy atom. The summed E-state index contributed by atoms with van der Waals surface area (Å²) >= 11 is 0. The molecule has 0 aliphatic carbocycles. The van der Waals surface area contributed by atoms with Gasteiger partial charge >= 0.3 is 5.97 Å². The van der Waals surface area contributed by atoms with Crippen LogP contribution in [-0.2, 0) is 27.2 Å². The van der Waals surface area contributed by atoms with E-state index in [1.807, 2.05) is 32.0 Å². The highest BCUT2D eigenvalue weighted by Gasteiger charge is 2.11. The summed E-state index contributed by atoms with van der Waals surface area (Å²) in [7, 11) is 1.37. The van der Waals surface area contributed by atoms with Crippen LogP contribution in [0, 0.1) is 5.82 Å². The molecule has 2 aromatic carbocycles. The van der Waals surface area contributed by atoms with Crippen LogP contribution in [0.25, 0.3) is 6.08 Å². The molecule has 0 unspecified atom stereocenters. The Balaban J connectivity index is 1.92. The third-order valence-electron chi connectivity index (χ3n) is 4.20. The van der Waals surface area contributed by atoms with Gasteiger partial charge in [0, 0.05) is 11.8 Å². The molecule has 0 bridgehead atoms. The average molecular weight is 385 g/mol. The van der Waals surface area contributed by atoms with Crippen LogP contribution in [-0.4, -0.2) is 25.6 Å². The van der Waals surface area contributed by atoms with E-state index in [9.17, 15) is 14.0 Å². The van der Waals surface area contributed by atoms with Crippen LogP contribution in [0.1, 0.15) is 30.5 Å². The maximum absolute atomic E-state index is 13.6. The number of carbonyl (C=O) groups excluding carboxylic acids is 2. The standard InChI is InChI=1S/C22H24FNO4/c1-4-16-7-6-8-17(5-2)22(16)24-20(25)14-28-21(26)12-10-15-9-11-19(27-3)18(23)13-15/h6-13H,4-5,14H2,1-3H3,(H,24,25)/b12-10+. The second kappa shape index (κ2) is 10.3. The topological polar surface area (TPSA) is 64.6 Å². The Kier molecular flexibility index (Phi) is 7.75. The number of methoxy groups -OCH3 is 1. The lowest BCUT2D eigenvalue weighted by atomic mass is 10.0. The number of ether oxygens (including phenoxy) is 2. The SMILES string of the molecule is CCc1cccc(CC)c1NC(=O)COC(=O)/C=C/c1ccc(OC)c(F)c1. The summed E-state index contributed by atoms with van der Waals surface area (Å²) in [6.45, 7) is 3.62. The number of nitrogens with one attached hydrogen (secondary N) is 1. The Hall–Kier alpha value is -3.15. The molecule has 1 amide bonds. The molecule has 0 heterocycles. The van der Waals surface area contributed by atoms with Crippen LogP contribution in [0.5, 0.6) is 5.75 Å². The Morgan fingerprint density at radius 3 is 2.36 bits per heavy atom. The van der Waals surface area contributed by atoms with Gasteiger partial charge in [-0.1, -0.05) is 38.1 Å². The minimum Gasteiger partial charge on any atom is -0.494 e. The van der Waals surface area contributed by atoms with Gasteiger partial charge in [-0.3, -0.25) is 4.79 Å². The van der Waals surface area contributed by atoms with Crippen molar-refractivity contribution in [2.45, 2.75) is 26.7 Å². The van der Waals surface area contributed by atoms with E-state index in [0.29, 0.717) is 5.56 Å². The Morgan fingerprint density at radius 1 is 1.11 bits per heavy atom. The zero-order valence-electron chi connectivity index (χ0n) is 16.3. The predicted molar refractivity (Wildman–Crippen MR) is 107 cm³/mol. The molecule has 2 rings (SSSR count).